The van der Waals surface area contributed by atoms with Gasteiger partial charge in [0.05, 0.1) is 4.88 Å². The molecule has 1 aromatic heterocycles. The van der Waals surface area contributed by atoms with Crippen LogP contribution in [0.1, 0.15) is 58.6 Å². The van der Waals surface area contributed by atoms with Crippen LogP contribution < -0.4 is 5.32 Å². The lowest BCUT2D eigenvalue weighted by Gasteiger charge is -2.08. The third kappa shape index (κ3) is 4.50. The Labute approximate surface area is 124 Å². The van der Waals surface area contributed by atoms with Gasteiger partial charge in [-0.15, -0.1) is 22.9 Å². The molecule has 0 unspecified atom stereocenters. The summed E-state index contributed by atoms with van der Waals surface area (Å²) in [5, 5.41) is 3.02. The van der Waals surface area contributed by atoms with Gasteiger partial charge in [0.1, 0.15) is 0 Å². The van der Waals surface area contributed by atoms with Gasteiger partial charge in [0.25, 0.3) is 5.91 Å². The molecule has 0 bridgehead atoms. The maximum absolute atomic E-state index is 12.0. The predicted molar refractivity (Wildman–Crippen MR) is 82.5 cm³/mol. The molecule has 1 aliphatic rings. The van der Waals surface area contributed by atoms with E-state index in [9.17, 15) is 4.79 Å². The zero-order chi connectivity index (χ0) is 13.5. The van der Waals surface area contributed by atoms with Crippen molar-refractivity contribution in [3.8, 4) is 0 Å². The van der Waals surface area contributed by atoms with Crippen molar-refractivity contribution in [1.29, 1.82) is 0 Å². The first kappa shape index (κ1) is 14.9. The van der Waals surface area contributed by atoms with Crippen LogP contribution in [0.4, 0.5) is 0 Å². The smallest absolute Gasteiger partial charge is 0.261 e. The van der Waals surface area contributed by atoms with Crippen LogP contribution in [0.15, 0.2) is 6.07 Å². The van der Waals surface area contributed by atoms with Gasteiger partial charge in [-0.25, -0.2) is 0 Å². The molecular weight excluding hydrogens is 278 g/mol. The molecule has 1 aliphatic carbocycles. The highest BCUT2D eigenvalue weighted by atomic mass is 35.5. The van der Waals surface area contributed by atoms with E-state index in [1.807, 2.05) is 0 Å². The van der Waals surface area contributed by atoms with Crippen LogP contribution in [0.3, 0.4) is 0 Å². The lowest BCUT2D eigenvalue weighted by molar-refractivity contribution is 0.0957. The van der Waals surface area contributed by atoms with Crippen molar-refractivity contribution in [2.75, 3.05) is 12.4 Å². The molecule has 0 saturated carbocycles. The molecule has 0 saturated heterocycles. The van der Waals surface area contributed by atoms with E-state index in [-0.39, 0.29) is 5.91 Å². The number of nitrogens with one attached hydrogen (secondary N) is 1. The molecule has 1 aromatic rings. The summed E-state index contributed by atoms with van der Waals surface area (Å²) < 4.78 is 0. The van der Waals surface area contributed by atoms with Crippen LogP contribution in [-0.2, 0) is 12.8 Å². The van der Waals surface area contributed by atoms with Crippen LogP contribution in [0.5, 0.6) is 0 Å². The highest BCUT2D eigenvalue weighted by Gasteiger charge is 2.16. The molecule has 0 aliphatic heterocycles. The van der Waals surface area contributed by atoms with Crippen LogP contribution in [0.2, 0.25) is 0 Å². The van der Waals surface area contributed by atoms with Gasteiger partial charge in [-0.3, -0.25) is 4.79 Å². The molecule has 1 amide bonds. The van der Waals surface area contributed by atoms with E-state index in [4.69, 9.17) is 11.6 Å². The number of hydrogen-bond donors (Lipinski definition) is 1. The van der Waals surface area contributed by atoms with Gasteiger partial charge in [-0.2, -0.15) is 0 Å². The first-order chi connectivity index (χ1) is 9.31. The molecule has 19 heavy (non-hydrogen) atoms. The highest BCUT2D eigenvalue weighted by molar-refractivity contribution is 7.14. The minimum absolute atomic E-state index is 0.108. The molecule has 0 fully saturated rings. The zero-order valence-electron chi connectivity index (χ0n) is 11.3. The van der Waals surface area contributed by atoms with E-state index in [1.165, 1.54) is 23.3 Å². The van der Waals surface area contributed by atoms with Crippen molar-refractivity contribution >= 4 is 28.8 Å². The summed E-state index contributed by atoms with van der Waals surface area (Å²) in [7, 11) is 0. The molecule has 2 rings (SSSR count). The summed E-state index contributed by atoms with van der Waals surface area (Å²) in [4.78, 5) is 14.4. The number of unbranched alkanes of at least 4 members (excludes halogenated alkanes) is 3. The third-order valence-electron chi connectivity index (χ3n) is 3.57. The molecule has 1 heterocycles. The van der Waals surface area contributed by atoms with Crippen molar-refractivity contribution in [3.05, 3.63) is 21.4 Å². The largest absolute Gasteiger partial charge is 0.351 e. The first-order valence-corrected chi connectivity index (χ1v) is 8.62. The number of halogens is 1. The van der Waals surface area contributed by atoms with Crippen molar-refractivity contribution in [2.24, 2.45) is 0 Å². The van der Waals surface area contributed by atoms with Crippen molar-refractivity contribution in [1.82, 2.24) is 5.32 Å². The Morgan fingerprint density at radius 1 is 1.21 bits per heavy atom. The third-order valence-corrected chi connectivity index (χ3v) is 5.07. The molecular formula is C15H22ClNOS. The van der Waals surface area contributed by atoms with Crippen molar-refractivity contribution < 1.29 is 4.79 Å². The lowest BCUT2D eigenvalue weighted by atomic mass is 9.99. The highest BCUT2D eigenvalue weighted by Crippen LogP contribution is 2.29. The average Bonchev–Trinajstić information content (AvgIpc) is 2.86. The molecule has 4 heteroatoms. The minimum atomic E-state index is 0.108. The summed E-state index contributed by atoms with van der Waals surface area (Å²) in [5.74, 6) is 0.851. The van der Waals surface area contributed by atoms with Gasteiger partial charge >= 0.3 is 0 Å². The fraction of sp³-hybridized carbons (Fsp3) is 0.667. The maximum Gasteiger partial charge on any atom is 0.261 e. The summed E-state index contributed by atoms with van der Waals surface area (Å²) >= 11 is 7.31. The topological polar surface area (TPSA) is 29.1 Å². The fourth-order valence-corrected chi connectivity index (χ4v) is 3.82. The van der Waals surface area contributed by atoms with E-state index in [0.29, 0.717) is 0 Å². The second-order valence-corrected chi connectivity index (χ2v) is 6.64. The van der Waals surface area contributed by atoms with Gasteiger partial charge < -0.3 is 5.32 Å². The number of hydrogen-bond acceptors (Lipinski definition) is 2. The Morgan fingerprint density at radius 2 is 2.00 bits per heavy atom. The minimum Gasteiger partial charge on any atom is -0.351 e. The maximum atomic E-state index is 12.0. The number of fused-ring (bicyclic) bond motifs is 1. The van der Waals surface area contributed by atoms with E-state index < -0.39 is 0 Å². The molecule has 0 atom stereocenters. The normalized spacial score (nSPS) is 14.2. The van der Waals surface area contributed by atoms with Gasteiger partial charge in [-0.05, 0) is 50.2 Å². The van der Waals surface area contributed by atoms with Crippen LogP contribution in [-0.4, -0.2) is 18.3 Å². The summed E-state index contributed by atoms with van der Waals surface area (Å²) in [6, 6.07) is 2.10. The SMILES string of the molecule is O=C(NCCCCCCCl)c1cc2c(s1)CCCC2. The number of alkyl halides is 1. The predicted octanol–water partition coefficient (Wildman–Crippen LogP) is 4.16. The first-order valence-electron chi connectivity index (χ1n) is 7.27. The lowest BCUT2D eigenvalue weighted by Crippen LogP contribution is -2.23. The molecule has 0 radical (unpaired) electrons. The Bertz CT molecular complexity index is 393. The molecule has 1 N–H and O–H groups in total. The zero-order valence-corrected chi connectivity index (χ0v) is 12.9. The Hall–Kier alpha value is -0.540. The summed E-state index contributed by atoms with van der Waals surface area (Å²) in [6.45, 7) is 0.781. The monoisotopic (exact) mass is 299 g/mol. The molecule has 0 aromatic carbocycles. The van der Waals surface area contributed by atoms with E-state index >= 15 is 0 Å². The molecule has 2 nitrogen and oxygen atoms in total. The van der Waals surface area contributed by atoms with Gasteiger partial charge in [0, 0.05) is 17.3 Å². The molecule has 106 valence electrons. The second-order valence-electron chi connectivity index (χ2n) is 5.13. The van der Waals surface area contributed by atoms with Crippen LogP contribution in [0.25, 0.3) is 0 Å². The quantitative estimate of drug-likeness (QED) is 0.594. The second kappa shape index (κ2) is 7.91. The standard InChI is InChI=1S/C15H22ClNOS/c16-9-5-1-2-6-10-17-15(18)14-11-12-7-3-4-8-13(12)19-14/h11H,1-10H2,(H,17,18). The number of thiophene rings is 1. The van der Waals surface area contributed by atoms with E-state index in [1.54, 1.807) is 11.3 Å². The van der Waals surface area contributed by atoms with Gasteiger partial charge in [-0.1, -0.05) is 12.8 Å². The Morgan fingerprint density at radius 3 is 2.79 bits per heavy atom. The van der Waals surface area contributed by atoms with Crippen LogP contribution >= 0.6 is 22.9 Å². The van der Waals surface area contributed by atoms with Crippen LogP contribution in [0, 0.1) is 0 Å². The Kier molecular flexibility index (Phi) is 6.18. The van der Waals surface area contributed by atoms with E-state index in [2.05, 4.69) is 11.4 Å². The van der Waals surface area contributed by atoms with Gasteiger partial charge in [0.15, 0.2) is 0 Å². The number of carbonyl (C=O) groups is 1. The van der Waals surface area contributed by atoms with Crippen molar-refractivity contribution in [3.63, 3.8) is 0 Å². The number of amides is 1. The number of carbonyl (C=O) groups excluding carboxylic acids is 1. The van der Waals surface area contributed by atoms with E-state index in [0.717, 1.165) is 55.8 Å². The average molecular weight is 300 g/mol. The van der Waals surface area contributed by atoms with Gasteiger partial charge in [0.2, 0.25) is 0 Å². The number of aryl methyl sites for hydroxylation is 2. The van der Waals surface area contributed by atoms with Crippen molar-refractivity contribution in [2.45, 2.75) is 51.4 Å². The molecule has 0 spiro atoms. The number of rotatable bonds is 7. The fourth-order valence-electron chi connectivity index (χ4n) is 2.46. The Balaban J connectivity index is 1.72. The summed E-state index contributed by atoms with van der Waals surface area (Å²) in [5.41, 5.74) is 1.41. The summed E-state index contributed by atoms with van der Waals surface area (Å²) in [6.07, 6.45) is 9.28.